The highest BCUT2D eigenvalue weighted by atomic mass is 16.2. The van der Waals surface area contributed by atoms with Crippen molar-refractivity contribution in [1.29, 1.82) is 0 Å². The van der Waals surface area contributed by atoms with Crippen molar-refractivity contribution in [2.75, 3.05) is 0 Å². The van der Waals surface area contributed by atoms with E-state index in [9.17, 15) is 9.59 Å². The molecule has 1 aromatic carbocycles. The van der Waals surface area contributed by atoms with Crippen LogP contribution >= 0.6 is 0 Å². The Bertz CT molecular complexity index is 746. The first kappa shape index (κ1) is 17.1. The topological polar surface area (TPSA) is 74.0 Å². The molecule has 0 radical (unpaired) electrons. The number of nitrogens with one attached hydrogen (secondary N) is 3. The van der Waals surface area contributed by atoms with Gasteiger partial charge in [0.1, 0.15) is 0 Å². The molecule has 2 aromatic rings. The number of carbonyl (C=O) groups excluding carboxylic acids is 2. The third-order valence-corrected chi connectivity index (χ3v) is 4.06. The Hall–Kier alpha value is -2.30. The molecule has 0 aliphatic rings. The van der Waals surface area contributed by atoms with Gasteiger partial charge in [-0.25, -0.2) is 0 Å². The Morgan fingerprint density at radius 3 is 2.57 bits per heavy atom. The molecule has 0 saturated carbocycles. The fourth-order valence-electron chi connectivity index (χ4n) is 2.87. The molecule has 0 bridgehead atoms. The summed E-state index contributed by atoms with van der Waals surface area (Å²) in [6.07, 6.45) is 0.275. The molecule has 2 rings (SSSR count). The number of aromatic nitrogens is 1. The van der Waals surface area contributed by atoms with Gasteiger partial charge >= 0.3 is 0 Å². The van der Waals surface area contributed by atoms with Crippen LogP contribution < -0.4 is 10.6 Å². The molecule has 124 valence electrons. The number of rotatable bonds is 5. The molecule has 0 unspecified atom stereocenters. The SMILES string of the molecule is CC(=O)N[C@H](C)CC(=O)NCc1cc(C)cc2c(C)c(C)[nH]c12. The summed E-state index contributed by atoms with van der Waals surface area (Å²) in [6.45, 7) is 9.97. The van der Waals surface area contributed by atoms with Crippen LogP contribution in [0.4, 0.5) is 0 Å². The summed E-state index contributed by atoms with van der Waals surface area (Å²) in [7, 11) is 0. The number of amides is 2. The number of carbonyl (C=O) groups is 2. The van der Waals surface area contributed by atoms with Gasteiger partial charge in [-0.05, 0) is 44.9 Å². The molecule has 0 spiro atoms. The maximum atomic E-state index is 12.0. The second kappa shape index (κ2) is 6.86. The van der Waals surface area contributed by atoms with Gasteiger partial charge in [0.05, 0.1) is 5.52 Å². The minimum Gasteiger partial charge on any atom is -0.358 e. The van der Waals surface area contributed by atoms with Gasteiger partial charge in [-0.15, -0.1) is 0 Å². The fraction of sp³-hybridized carbons (Fsp3) is 0.444. The van der Waals surface area contributed by atoms with Gasteiger partial charge in [0.15, 0.2) is 0 Å². The van der Waals surface area contributed by atoms with Gasteiger partial charge in [-0.1, -0.05) is 11.6 Å². The molecule has 0 fully saturated rings. The van der Waals surface area contributed by atoms with Gasteiger partial charge in [0.25, 0.3) is 0 Å². The van der Waals surface area contributed by atoms with Crippen molar-refractivity contribution in [2.45, 2.75) is 53.6 Å². The Morgan fingerprint density at radius 1 is 1.22 bits per heavy atom. The lowest BCUT2D eigenvalue weighted by Gasteiger charge is -2.13. The van der Waals surface area contributed by atoms with Crippen molar-refractivity contribution in [3.63, 3.8) is 0 Å². The summed E-state index contributed by atoms with van der Waals surface area (Å²) in [5.41, 5.74) is 5.74. The first-order chi connectivity index (χ1) is 10.8. The summed E-state index contributed by atoms with van der Waals surface area (Å²) < 4.78 is 0. The summed E-state index contributed by atoms with van der Waals surface area (Å²) in [5.74, 6) is -0.191. The summed E-state index contributed by atoms with van der Waals surface area (Å²) in [4.78, 5) is 26.4. The molecule has 1 atom stereocenters. The largest absolute Gasteiger partial charge is 0.358 e. The van der Waals surface area contributed by atoms with Crippen LogP contribution in [0.25, 0.3) is 10.9 Å². The number of H-pyrrole nitrogens is 1. The average Bonchev–Trinajstić information content (AvgIpc) is 2.71. The van der Waals surface area contributed by atoms with Crippen LogP contribution in [-0.4, -0.2) is 22.8 Å². The van der Waals surface area contributed by atoms with Crippen molar-refractivity contribution >= 4 is 22.7 Å². The van der Waals surface area contributed by atoms with Gasteiger partial charge < -0.3 is 15.6 Å². The molecule has 1 aromatic heterocycles. The molecular weight excluding hydrogens is 290 g/mol. The van der Waals surface area contributed by atoms with Gasteiger partial charge in [-0.2, -0.15) is 0 Å². The van der Waals surface area contributed by atoms with E-state index in [1.807, 2.05) is 6.92 Å². The van der Waals surface area contributed by atoms with Gasteiger partial charge in [0.2, 0.25) is 11.8 Å². The van der Waals surface area contributed by atoms with E-state index in [1.54, 1.807) is 0 Å². The molecule has 2 amide bonds. The van der Waals surface area contributed by atoms with Crippen LogP contribution in [0.3, 0.4) is 0 Å². The summed E-state index contributed by atoms with van der Waals surface area (Å²) in [5, 5.41) is 6.86. The van der Waals surface area contributed by atoms with E-state index in [1.165, 1.54) is 23.4 Å². The van der Waals surface area contributed by atoms with Gasteiger partial charge in [0, 0.05) is 37.0 Å². The lowest BCUT2D eigenvalue weighted by molar-refractivity contribution is -0.122. The Kier molecular flexibility index (Phi) is 5.08. The molecule has 0 aliphatic heterocycles. The minimum atomic E-state index is -0.167. The smallest absolute Gasteiger partial charge is 0.222 e. The fourth-order valence-corrected chi connectivity index (χ4v) is 2.87. The average molecular weight is 315 g/mol. The molecular formula is C18H25N3O2. The van der Waals surface area contributed by atoms with Crippen molar-refractivity contribution in [1.82, 2.24) is 15.6 Å². The van der Waals surface area contributed by atoms with Crippen LogP contribution in [0.15, 0.2) is 12.1 Å². The molecule has 0 saturated heterocycles. The highest BCUT2D eigenvalue weighted by Gasteiger charge is 2.12. The Morgan fingerprint density at radius 2 is 1.91 bits per heavy atom. The minimum absolute atomic E-state index is 0.0686. The van der Waals surface area contributed by atoms with Crippen LogP contribution in [0.5, 0.6) is 0 Å². The lowest BCUT2D eigenvalue weighted by atomic mass is 10.0. The maximum absolute atomic E-state index is 12.0. The quantitative estimate of drug-likeness (QED) is 0.793. The second-order valence-corrected chi connectivity index (χ2v) is 6.30. The van der Waals surface area contributed by atoms with Crippen LogP contribution in [-0.2, 0) is 16.1 Å². The van der Waals surface area contributed by atoms with Crippen molar-refractivity contribution in [3.8, 4) is 0 Å². The maximum Gasteiger partial charge on any atom is 0.222 e. The third kappa shape index (κ3) is 4.12. The number of benzene rings is 1. The zero-order valence-electron chi connectivity index (χ0n) is 14.5. The Balaban J connectivity index is 2.09. The molecule has 5 heteroatoms. The van der Waals surface area contributed by atoms with Crippen molar-refractivity contribution < 1.29 is 9.59 Å². The Labute approximate surface area is 136 Å². The van der Waals surface area contributed by atoms with E-state index < -0.39 is 0 Å². The predicted molar refractivity (Wildman–Crippen MR) is 92.3 cm³/mol. The van der Waals surface area contributed by atoms with Crippen LogP contribution in [0.2, 0.25) is 0 Å². The van der Waals surface area contributed by atoms with E-state index in [0.717, 1.165) is 16.8 Å². The summed E-state index contributed by atoms with van der Waals surface area (Å²) in [6, 6.07) is 4.09. The van der Waals surface area contributed by atoms with Gasteiger partial charge in [-0.3, -0.25) is 9.59 Å². The monoisotopic (exact) mass is 315 g/mol. The lowest BCUT2D eigenvalue weighted by Crippen LogP contribution is -2.35. The highest BCUT2D eigenvalue weighted by Crippen LogP contribution is 2.25. The standard InChI is InChI=1S/C18H25N3O2/c1-10-6-15(18-16(7-10)12(3)13(4)21-18)9-19-17(23)8-11(2)20-14(5)22/h6-7,11,21H,8-9H2,1-5H3,(H,19,23)(H,20,22)/t11-/m1/s1. The zero-order valence-corrected chi connectivity index (χ0v) is 14.5. The molecule has 5 nitrogen and oxygen atoms in total. The number of hydrogen-bond donors (Lipinski definition) is 3. The molecule has 3 N–H and O–H groups in total. The summed E-state index contributed by atoms with van der Waals surface area (Å²) >= 11 is 0. The zero-order chi connectivity index (χ0) is 17.1. The normalized spacial score (nSPS) is 12.2. The van der Waals surface area contributed by atoms with E-state index >= 15 is 0 Å². The van der Waals surface area contributed by atoms with Crippen molar-refractivity contribution in [2.24, 2.45) is 0 Å². The molecule has 23 heavy (non-hydrogen) atoms. The number of fused-ring (bicyclic) bond motifs is 1. The van der Waals surface area contributed by atoms with Crippen LogP contribution in [0.1, 0.15) is 42.7 Å². The van der Waals surface area contributed by atoms with E-state index in [0.29, 0.717) is 6.54 Å². The second-order valence-electron chi connectivity index (χ2n) is 6.30. The van der Waals surface area contributed by atoms with E-state index in [4.69, 9.17) is 0 Å². The van der Waals surface area contributed by atoms with Crippen LogP contribution in [0, 0.1) is 20.8 Å². The highest BCUT2D eigenvalue weighted by molar-refractivity contribution is 5.88. The first-order valence-corrected chi connectivity index (χ1v) is 7.90. The molecule has 1 heterocycles. The van der Waals surface area contributed by atoms with E-state index in [2.05, 4.69) is 48.5 Å². The first-order valence-electron chi connectivity index (χ1n) is 7.90. The molecule has 0 aliphatic carbocycles. The number of aryl methyl sites for hydroxylation is 3. The number of aromatic amines is 1. The van der Waals surface area contributed by atoms with E-state index in [-0.39, 0.29) is 24.3 Å². The number of hydrogen-bond acceptors (Lipinski definition) is 2. The predicted octanol–water partition coefficient (Wildman–Crippen LogP) is 2.62. The third-order valence-electron chi connectivity index (χ3n) is 4.06. The van der Waals surface area contributed by atoms with Crippen molar-refractivity contribution in [3.05, 3.63) is 34.5 Å².